The zero-order valence-corrected chi connectivity index (χ0v) is 13.4. The van der Waals surface area contributed by atoms with E-state index in [0.717, 1.165) is 16.8 Å². The molecule has 116 valence electrons. The van der Waals surface area contributed by atoms with Crippen LogP contribution in [0.5, 0.6) is 0 Å². The number of carbonyl (C=O) groups excluding carboxylic acids is 1. The average molecular weight is 292 g/mol. The number of aryl methyl sites for hydroxylation is 1. The predicted molar refractivity (Wildman–Crippen MR) is 83.6 cm³/mol. The summed E-state index contributed by atoms with van der Waals surface area (Å²) < 4.78 is 0. The molecule has 1 rings (SSSR count). The number of benzene rings is 1. The summed E-state index contributed by atoms with van der Waals surface area (Å²) in [4.78, 5) is 24.8. The van der Waals surface area contributed by atoms with Crippen molar-refractivity contribution in [1.29, 1.82) is 0 Å². The summed E-state index contributed by atoms with van der Waals surface area (Å²) >= 11 is 0. The molecule has 1 aromatic rings. The van der Waals surface area contributed by atoms with Crippen LogP contribution < -0.4 is 5.32 Å². The van der Waals surface area contributed by atoms with Crippen molar-refractivity contribution >= 4 is 17.7 Å². The van der Waals surface area contributed by atoms with Crippen LogP contribution in [0.4, 0.5) is 10.5 Å². The van der Waals surface area contributed by atoms with Gasteiger partial charge in [0, 0.05) is 17.8 Å². The molecule has 0 fully saturated rings. The largest absolute Gasteiger partial charge is 0.481 e. The Labute approximate surface area is 126 Å². The number of urea groups is 1. The van der Waals surface area contributed by atoms with Gasteiger partial charge in [-0.25, -0.2) is 4.79 Å². The molecule has 0 atom stereocenters. The fourth-order valence-corrected chi connectivity index (χ4v) is 2.02. The SMILES string of the molecule is Cc1cccc(NC(=O)N(CCC(=O)O)C(C)(C)C)c1C. The highest BCUT2D eigenvalue weighted by molar-refractivity contribution is 5.91. The molecule has 2 N–H and O–H groups in total. The summed E-state index contributed by atoms with van der Waals surface area (Å²) in [7, 11) is 0. The Morgan fingerprint density at radius 1 is 1.24 bits per heavy atom. The van der Waals surface area contributed by atoms with Crippen LogP contribution in [0.25, 0.3) is 0 Å². The molecule has 0 heterocycles. The first-order valence-corrected chi connectivity index (χ1v) is 6.99. The fraction of sp³-hybridized carbons (Fsp3) is 0.500. The Balaban J connectivity index is 2.91. The monoisotopic (exact) mass is 292 g/mol. The molecule has 21 heavy (non-hydrogen) atoms. The predicted octanol–water partition coefficient (Wildman–Crippen LogP) is 3.41. The fourth-order valence-electron chi connectivity index (χ4n) is 2.02. The van der Waals surface area contributed by atoms with Gasteiger partial charge >= 0.3 is 12.0 Å². The number of nitrogens with zero attached hydrogens (tertiary/aromatic N) is 1. The van der Waals surface area contributed by atoms with Gasteiger partial charge in [-0.15, -0.1) is 0 Å². The van der Waals surface area contributed by atoms with Gasteiger partial charge in [-0.2, -0.15) is 0 Å². The van der Waals surface area contributed by atoms with Crippen molar-refractivity contribution in [3.8, 4) is 0 Å². The van der Waals surface area contributed by atoms with E-state index in [1.807, 2.05) is 52.8 Å². The maximum atomic E-state index is 12.5. The Bertz CT molecular complexity index is 533. The zero-order valence-electron chi connectivity index (χ0n) is 13.4. The summed E-state index contributed by atoms with van der Waals surface area (Å²) in [6, 6.07) is 5.43. The molecular formula is C16H24N2O3. The van der Waals surface area contributed by atoms with E-state index in [9.17, 15) is 9.59 Å². The van der Waals surface area contributed by atoms with Gasteiger partial charge in [-0.1, -0.05) is 12.1 Å². The molecule has 0 saturated carbocycles. The lowest BCUT2D eigenvalue weighted by molar-refractivity contribution is -0.137. The van der Waals surface area contributed by atoms with E-state index in [1.54, 1.807) is 4.90 Å². The van der Waals surface area contributed by atoms with E-state index in [1.165, 1.54) is 0 Å². The van der Waals surface area contributed by atoms with Gasteiger partial charge in [-0.3, -0.25) is 4.79 Å². The minimum Gasteiger partial charge on any atom is -0.481 e. The normalized spacial score (nSPS) is 11.1. The van der Waals surface area contributed by atoms with Crippen molar-refractivity contribution in [2.45, 2.75) is 46.6 Å². The van der Waals surface area contributed by atoms with Crippen LogP contribution in [0.2, 0.25) is 0 Å². The molecule has 2 amide bonds. The van der Waals surface area contributed by atoms with Crippen LogP contribution in [-0.2, 0) is 4.79 Å². The van der Waals surface area contributed by atoms with Gasteiger partial charge in [0.15, 0.2) is 0 Å². The molecule has 0 unspecified atom stereocenters. The molecule has 0 bridgehead atoms. The molecule has 0 aliphatic heterocycles. The van der Waals surface area contributed by atoms with Crippen molar-refractivity contribution < 1.29 is 14.7 Å². The Hall–Kier alpha value is -2.04. The minimum absolute atomic E-state index is 0.0719. The summed E-state index contributed by atoms with van der Waals surface area (Å²) in [6.07, 6.45) is -0.0719. The molecule has 0 saturated heterocycles. The topological polar surface area (TPSA) is 69.6 Å². The standard InChI is InChI=1S/C16H24N2O3/c1-11-7-6-8-13(12(11)2)17-15(21)18(16(3,4)5)10-9-14(19)20/h6-8H,9-10H2,1-5H3,(H,17,21)(H,19,20). The van der Waals surface area contributed by atoms with Gasteiger partial charge in [0.1, 0.15) is 0 Å². The number of carboxylic acids is 1. The van der Waals surface area contributed by atoms with Crippen molar-refractivity contribution in [2.75, 3.05) is 11.9 Å². The molecule has 5 nitrogen and oxygen atoms in total. The van der Waals surface area contributed by atoms with Crippen LogP contribution in [0.15, 0.2) is 18.2 Å². The van der Waals surface area contributed by atoms with Gasteiger partial charge < -0.3 is 15.3 Å². The number of amides is 2. The third-order valence-corrected chi connectivity index (χ3v) is 3.45. The van der Waals surface area contributed by atoms with E-state index < -0.39 is 11.5 Å². The molecular weight excluding hydrogens is 268 g/mol. The lowest BCUT2D eigenvalue weighted by Gasteiger charge is -2.35. The number of aliphatic carboxylic acids is 1. The van der Waals surface area contributed by atoms with E-state index >= 15 is 0 Å². The number of carbonyl (C=O) groups is 2. The number of anilines is 1. The molecule has 0 aliphatic carbocycles. The highest BCUT2D eigenvalue weighted by atomic mass is 16.4. The molecule has 1 aromatic carbocycles. The lowest BCUT2D eigenvalue weighted by atomic mass is 10.1. The zero-order chi connectivity index (χ0) is 16.2. The second-order valence-corrected chi connectivity index (χ2v) is 6.14. The Morgan fingerprint density at radius 2 is 1.86 bits per heavy atom. The smallest absolute Gasteiger partial charge is 0.322 e. The number of carboxylic acid groups (broad SMARTS) is 1. The first-order valence-electron chi connectivity index (χ1n) is 6.99. The highest BCUT2D eigenvalue weighted by Gasteiger charge is 2.27. The van der Waals surface area contributed by atoms with Crippen LogP contribution in [0.3, 0.4) is 0 Å². The van der Waals surface area contributed by atoms with Crippen LogP contribution in [0.1, 0.15) is 38.3 Å². The maximum Gasteiger partial charge on any atom is 0.322 e. The molecule has 0 radical (unpaired) electrons. The van der Waals surface area contributed by atoms with Gasteiger partial charge in [-0.05, 0) is 51.8 Å². The Kier molecular flexibility index (Phi) is 5.35. The highest BCUT2D eigenvalue weighted by Crippen LogP contribution is 2.21. The van der Waals surface area contributed by atoms with E-state index in [4.69, 9.17) is 5.11 Å². The van der Waals surface area contributed by atoms with E-state index in [0.29, 0.717) is 0 Å². The van der Waals surface area contributed by atoms with Gasteiger partial charge in [0.2, 0.25) is 0 Å². The number of nitrogens with one attached hydrogen (secondary N) is 1. The number of rotatable bonds is 4. The van der Waals surface area contributed by atoms with Crippen molar-refractivity contribution in [2.24, 2.45) is 0 Å². The average Bonchev–Trinajstić information content (AvgIpc) is 2.33. The summed E-state index contributed by atoms with van der Waals surface area (Å²) in [5, 5.41) is 11.7. The van der Waals surface area contributed by atoms with Gasteiger partial charge in [0.25, 0.3) is 0 Å². The molecule has 0 aliphatic rings. The van der Waals surface area contributed by atoms with E-state index in [2.05, 4.69) is 5.32 Å². The first kappa shape index (κ1) is 17.0. The summed E-state index contributed by atoms with van der Waals surface area (Å²) in [5.41, 5.74) is 2.42. The second-order valence-electron chi connectivity index (χ2n) is 6.14. The Morgan fingerprint density at radius 3 is 2.38 bits per heavy atom. The van der Waals surface area contributed by atoms with Crippen LogP contribution in [-0.4, -0.2) is 34.1 Å². The first-order chi connectivity index (χ1) is 9.62. The minimum atomic E-state index is -0.913. The van der Waals surface area contributed by atoms with Crippen molar-refractivity contribution in [3.05, 3.63) is 29.3 Å². The van der Waals surface area contributed by atoms with E-state index in [-0.39, 0.29) is 19.0 Å². The number of hydrogen-bond acceptors (Lipinski definition) is 2. The third-order valence-electron chi connectivity index (χ3n) is 3.45. The van der Waals surface area contributed by atoms with Crippen LogP contribution >= 0.6 is 0 Å². The van der Waals surface area contributed by atoms with Crippen molar-refractivity contribution in [3.63, 3.8) is 0 Å². The quantitative estimate of drug-likeness (QED) is 0.893. The summed E-state index contributed by atoms with van der Waals surface area (Å²) in [6.45, 7) is 9.77. The third kappa shape index (κ3) is 4.77. The maximum absolute atomic E-state index is 12.5. The molecule has 0 aromatic heterocycles. The number of hydrogen-bond donors (Lipinski definition) is 2. The second kappa shape index (κ2) is 6.61. The van der Waals surface area contributed by atoms with Crippen LogP contribution in [0, 0.1) is 13.8 Å². The van der Waals surface area contributed by atoms with Crippen molar-refractivity contribution in [1.82, 2.24) is 4.90 Å². The molecule has 0 spiro atoms. The molecule has 5 heteroatoms. The van der Waals surface area contributed by atoms with Gasteiger partial charge in [0.05, 0.1) is 6.42 Å². The lowest BCUT2D eigenvalue weighted by Crippen LogP contribution is -2.48. The summed E-state index contributed by atoms with van der Waals surface area (Å²) in [5.74, 6) is -0.913.